The van der Waals surface area contributed by atoms with Gasteiger partial charge in [0.25, 0.3) is 11.8 Å². The fourth-order valence-corrected chi connectivity index (χ4v) is 6.15. The third-order valence-electron chi connectivity index (χ3n) is 4.84. The van der Waals surface area contributed by atoms with Crippen LogP contribution < -0.4 is 16.8 Å². The third-order valence-corrected chi connectivity index (χ3v) is 7.95. The standard InChI is InChI=1S/C17H20N10O5S3/c1-26-17(22-24-25-26)35-5-7-4-33-14-10(13(29)27(14)11(7)15(30)31)21-12(28)9(23-32-3-2-18)8-6-34-16(19)20-8/h6,10,14H,2-5,18H2,1H3,(H2,19,20)(H,21,28)(H,30,31)/t10?,14-/m0/s1. The molecule has 4 heterocycles. The SMILES string of the molecule is Cn1nnnc1SCC1=C(C(=O)O)N2C(=O)C(NC(=O)C(=NOCCN)c3csc(N)n3)[C@@H]2SC1. The maximum Gasteiger partial charge on any atom is 0.352 e. The molecule has 0 aromatic carbocycles. The van der Waals surface area contributed by atoms with Gasteiger partial charge in [0.2, 0.25) is 5.16 Å². The lowest BCUT2D eigenvalue weighted by Crippen LogP contribution is -2.71. The summed E-state index contributed by atoms with van der Waals surface area (Å²) in [5.41, 5.74) is 11.5. The number of hydrogen-bond donors (Lipinski definition) is 4. The summed E-state index contributed by atoms with van der Waals surface area (Å²) < 4.78 is 1.47. The minimum absolute atomic E-state index is 0.0724. The number of nitrogens with one attached hydrogen (secondary N) is 1. The van der Waals surface area contributed by atoms with E-state index in [1.165, 1.54) is 38.5 Å². The van der Waals surface area contributed by atoms with Crippen LogP contribution in [0.4, 0.5) is 5.13 Å². The van der Waals surface area contributed by atoms with E-state index in [-0.39, 0.29) is 41.1 Å². The number of nitrogens with two attached hydrogens (primary N) is 2. The number of nitrogen functional groups attached to an aromatic ring is 1. The van der Waals surface area contributed by atoms with Crippen LogP contribution in [0.2, 0.25) is 0 Å². The van der Waals surface area contributed by atoms with Crippen molar-refractivity contribution >= 4 is 63.5 Å². The summed E-state index contributed by atoms with van der Waals surface area (Å²) >= 11 is 3.73. The van der Waals surface area contributed by atoms with E-state index < -0.39 is 29.2 Å². The van der Waals surface area contributed by atoms with Crippen LogP contribution in [-0.2, 0) is 26.3 Å². The van der Waals surface area contributed by atoms with E-state index in [9.17, 15) is 19.5 Å². The first kappa shape index (κ1) is 24.9. The number of nitrogens with zero attached hydrogens (tertiary/aromatic N) is 7. The Kier molecular flexibility index (Phi) is 7.53. The smallest absolute Gasteiger partial charge is 0.352 e. The quantitative estimate of drug-likeness (QED) is 0.0884. The van der Waals surface area contributed by atoms with Crippen LogP contribution in [0.25, 0.3) is 0 Å². The second kappa shape index (κ2) is 10.6. The van der Waals surface area contributed by atoms with Gasteiger partial charge in [-0.15, -0.1) is 28.2 Å². The highest BCUT2D eigenvalue weighted by molar-refractivity contribution is 8.01. The summed E-state index contributed by atoms with van der Waals surface area (Å²) in [7, 11) is 1.67. The van der Waals surface area contributed by atoms with E-state index >= 15 is 0 Å². The van der Waals surface area contributed by atoms with Gasteiger partial charge in [-0.3, -0.25) is 14.5 Å². The summed E-state index contributed by atoms with van der Waals surface area (Å²) in [4.78, 5) is 48.2. The zero-order valence-corrected chi connectivity index (χ0v) is 20.6. The molecule has 0 bridgehead atoms. The molecule has 2 aliphatic rings. The predicted octanol–water partition coefficient (Wildman–Crippen LogP) is -1.54. The van der Waals surface area contributed by atoms with E-state index in [0.717, 1.165) is 11.3 Å². The lowest BCUT2D eigenvalue weighted by molar-refractivity contribution is -0.150. The maximum absolute atomic E-state index is 13.0. The van der Waals surface area contributed by atoms with Gasteiger partial charge in [-0.25, -0.2) is 14.5 Å². The number of carboxylic acid groups (broad SMARTS) is 1. The maximum atomic E-state index is 13.0. The number of aryl methyl sites for hydroxylation is 1. The molecule has 15 nitrogen and oxygen atoms in total. The molecule has 186 valence electrons. The number of amides is 2. The number of aliphatic carboxylic acids is 1. The van der Waals surface area contributed by atoms with E-state index in [4.69, 9.17) is 16.3 Å². The van der Waals surface area contributed by atoms with Gasteiger partial charge in [-0.1, -0.05) is 16.9 Å². The molecule has 1 fully saturated rings. The minimum atomic E-state index is -1.23. The number of β-lactam (4-membered cyclic amide) rings is 1. The van der Waals surface area contributed by atoms with Crippen LogP contribution >= 0.6 is 34.9 Å². The number of rotatable bonds is 10. The van der Waals surface area contributed by atoms with Crippen molar-refractivity contribution in [1.82, 2.24) is 35.4 Å². The Morgan fingerprint density at radius 1 is 1.46 bits per heavy atom. The molecule has 2 amide bonds. The number of anilines is 1. The average Bonchev–Trinajstić information content (AvgIpc) is 3.45. The molecule has 1 unspecified atom stereocenters. The lowest BCUT2D eigenvalue weighted by atomic mass is 10.0. The molecule has 4 rings (SSSR count). The predicted molar refractivity (Wildman–Crippen MR) is 127 cm³/mol. The molecule has 2 aromatic rings. The second-order valence-electron chi connectivity index (χ2n) is 7.12. The summed E-state index contributed by atoms with van der Waals surface area (Å²) in [5.74, 6) is -1.84. The van der Waals surface area contributed by atoms with E-state index in [1.54, 1.807) is 7.05 Å². The van der Waals surface area contributed by atoms with Crippen molar-refractivity contribution < 1.29 is 24.3 Å². The van der Waals surface area contributed by atoms with Crippen LogP contribution in [0.3, 0.4) is 0 Å². The number of carbonyl (C=O) groups is 3. The normalized spacial score (nSPS) is 19.9. The molecule has 2 aliphatic heterocycles. The zero-order valence-electron chi connectivity index (χ0n) is 18.2. The Labute approximate surface area is 210 Å². The molecule has 35 heavy (non-hydrogen) atoms. The van der Waals surface area contributed by atoms with Gasteiger partial charge in [0.05, 0.1) is 0 Å². The zero-order chi connectivity index (χ0) is 25.1. The van der Waals surface area contributed by atoms with Crippen molar-refractivity contribution in [2.24, 2.45) is 17.9 Å². The number of fused-ring (bicyclic) bond motifs is 1. The summed E-state index contributed by atoms with van der Waals surface area (Å²) in [6.45, 7) is 0.257. The molecule has 6 N–H and O–H groups in total. The number of hydrogen-bond acceptors (Lipinski definition) is 14. The first-order chi connectivity index (χ1) is 16.8. The fraction of sp³-hybridized carbons (Fsp3) is 0.412. The number of tetrazole rings is 1. The fourth-order valence-electron chi connectivity index (χ4n) is 3.26. The van der Waals surface area contributed by atoms with Crippen molar-refractivity contribution in [2.45, 2.75) is 16.6 Å². The highest BCUT2D eigenvalue weighted by Gasteiger charge is 2.54. The first-order valence-electron chi connectivity index (χ1n) is 9.99. The highest BCUT2D eigenvalue weighted by atomic mass is 32.2. The number of oxime groups is 1. The van der Waals surface area contributed by atoms with Crippen LogP contribution in [0.5, 0.6) is 0 Å². The van der Waals surface area contributed by atoms with Crippen molar-refractivity contribution in [3.63, 3.8) is 0 Å². The van der Waals surface area contributed by atoms with Gasteiger partial charge in [0.15, 0.2) is 10.8 Å². The van der Waals surface area contributed by atoms with Gasteiger partial charge in [0, 0.05) is 30.5 Å². The number of aromatic nitrogens is 5. The van der Waals surface area contributed by atoms with Crippen molar-refractivity contribution in [3.05, 3.63) is 22.3 Å². The minimum Gasteiger partial charge on any atom is -0.477 e. The molecule has 0 saturated carbocycles. The molecular formula is C17H20N10O5S3. The van der Waals surface area contributed by atoms with Crippen molar-refractivity contribution in [2.75, 3.05) is 30.4 Å². The third kappa shape index (κ3) is 5.09. The van der Waals surface area contributed by atoms with E-state index in [0.29, 0.717) is 16.5 Å². The molecule has 2 aromatic heterocycles. The number of carbonyl (C=O) groups excluding carboxylic acids is 2. The Morgan fingerprint density at radius 2 is 2.26 bits per heavy atom. The monoisotopic (exact) mass is 540 g/mol. The highest BCUT2D eigenvalue weighted by Crippen LogP contribution is 2.41. The van der Waals surface area contributed by atoms with E-state index in [2.05, 4.69) is 31.0 Å². The van der Waals surface area contributed by atoms with Gasteiger partial charge >= 0.3 is 5.97 Å². The lowest BCUT2D eigenvalue weighted by Gasteiger charge is -2.49. The Bertz CT molecular complexity index is 1210. The summed E-state index contributed by atoms with van der Waals surface area (Å²) in [5, 5.41) is 29.1. The molecule has 0 aliphatic carbocycles. The van der Waals surface area contributed by atoms with Crippen LogP contribution in [0.1, 0.15) is 5.69 Å². The van der Waals surface area contributed by atoms with Crippen molar-refractivity contribution in [1.29, 1.82) is 0 Å². The summed E-state index contributed by atoms with van der Waals surface area (Å²) in [6.07, 6.45) is 0. The Morgan fingerprint density at radius 3 is 2.89 bits per heavy atom. The van der Waals surface area contributed by atoms with Gasteiger partial charge in [0.1, 0.15) is 29.4 Å². The molecule has 1 saturated heterocycles. The van der Waals surface area contributed by atoms with Gasteiger partial charge in [-0.05, 0) is 16.0 Å². The van der Waals surface area contributed by atoms with Crippen LogP contribution in [-0.4, -0.2) is 94.8 Å². The Hall–Kier alpha value is -3.22. The van der Waals surface area contributed by atoms with E-state index in [1.807, 2.05) is 0 Å². The summed E-state index contributed by atoms with van der Waals surface area (Å²) in [6, 6.07) is -0.949. The largest absolute Gasteiger partial charge is 0.477 e. The number of carboxylic acids is 1. The van der Waals surface area contributed by atoms with Gasteiger partial charge in [-0.2, -0.15) is 0 Å². The van der Waals surface area contributed by atoms with Crippen LogP contribution in [0, 0.1) is 0 Å². The molecule has 18 heteroatoms. The molecule has 0 radical (unpaired) electrons. The molecular weight excluding hydrogens is 520 g/mol. The Balaban J connectivity index is 1.49. The van der Waals surface area contributed by atoms with Gasteiger partial charge < -0.3 is 26.7 Å². The van der Waals surface area contributed by atoms with Crippen LogP contribution in [0.15, 0.2) is 27.0 Å². The topological polar surface area (TPSA) is 217 Å². The second-order valence-corrected chi connectivity index (χ2v) is 10.1. The number of thioether (sulfide) groups is 2. The van der Waals surface area contributed by atoms with Crippen molar-refractivity contribution in [3.8, 4) is 0 Å². The first-order valence-corrected chi connectivity index (χ1v) is 12.9. The molecule has 0 spiro atoms. The molecule has 2 atom stereocenters. The average molecular weight is 541 g/mol. The number of thiazole rings is 1.